The lowest BCUT2D eigenvalue weighted by molar-refractivity contribution is 0.0880. The Morgan fingerprint density at radius 2 is 1.35 bits per heavy atom. The van der Waals surface area contributed by atoms with Gasteiger partial charge in [-0.15, -0.1) is 0 Å². The summed E-state index contributed by atoms with van der Waals surface area (Å²) in [4.78, 5) is 26.1. The molecule has 0 fully saturated rings. The molecule has 1 unspecified atom stereocenters. The highest BCUT2D eigenvalue weighted by Crippen LogP contribution is 2.45. The van der Waals surface area contributed by atoms with Crippen molar-refractivity contribution in [2.45, 2.75) is 32.0 Å². The summed E-state index contributed by atoms with van der Waals surface area (Å²) in [5.41, 5.74) is 4.86. The Balaban J connectivity index is 1.89. The normalized spacial score (nSPS) is 18.7. The van der Waals surface area contributed by atoms with Crippen molar-refractivity contribution in [3.63, 3.8) is 0 Å². The van der Waals surface area contributed by atoms with Gasteiger partial charge in [0.15, 0.2) is 0 Å². The molecular formula is C25H19N3O3. The smallest absolute Gasteiger partial charge is 0.259 e. The maximum Gasteiger partial charge on any atom is 0.259 e. The number of amides is 2. The van der Waals surface area contributed by atoms with Crippen molar-refractivity contribution in [1.82, 2.24) is 14.5 Å². The predicted molar refractivity (Wildman–Crippen MR) is 119 cm³/mol. The third kappa shape index (κ3) is 2.00. The number of aromatic nitrogens is 2. The number of aryl methyl sites for hydroxylation is 1. The number of carbonyl (C=O) groups is 2. The van der Waals surface area contributed by atoms with Crippen LogP contribution in [0.2, 0.25) is 0 Å². The first-order chi connectivity index (χ1) is 15.1. The number of imide groups is 1. The second-order valence-corrected chi connectivity index (χ2v) is 8.57. The van der Waals surface area contributed by atoms with E-state index in [0.29, 0.717) is 24.1 Å². The number of fused-ring (bicyclic) bond motifs is 9. The van der Waals surface area contributed by atoms with E-state index in [1.807, 2.05) is 42.5 Å². The standard InChI is InChI=1S/C25H19N3O3/c29-13-6-5-11-27-16-9-3-1-7-14(16)18-20-21(25(31)26-24(20)30)19-15-8-2-4-10-17(15)28(12-13)23(19)22(18)27/h1-4,7-10,13,29H,5-6,11-12H2,(H,26,30,31). The van der Waals surface area contributed by atoms with Gasteiger partial charge in [-0.25, -0.2) is 0 Å². The van der Waals surface area contributed by atoms with E-state index in [-0.39, 0.29) is 11.8 Å². The molecule has 4 heterocycles. The van der Waals surface area contributed by atoms with E-state index in [9.17, 15) is 14.7 Å². The summed E-state index contributed by atoms with van der Waals surface area (Å²) < 4.78 is 4.42. The summed E-state index contributed by atoms with van der Waals surface area (Å²) in [5, 5.41) is 16.9. The molecule has 3 aromatic carbocycles. The molecule has 0 spiro atoms. The lowest BCUT2D eigenvalue weighted by Crippen LogP contribution is -2.20. The largest absolute Gasteiger partial charge is 0.391 e. The molecule has 31 heavy (non-hydrogen) atoms. The number of aliphatic hydroxyl groups is 1. The molecule has 6 nitrogen and oxygen atoms in total. The van der Waals surface area contributed by atoms with Gasteiger partial charge in [0.2, 0.25) is 0 Å². The van der Waals surface area contributed by atoms with Crippen LogP contribution in [0.5, 0.6) is 0 Å². The van der Waals surface area contributed by atoms with Gasteiger partial charge in [-0.1, -0.05) is 36.4 Å². The van der Waals surface area contributed by atoms with Gasteiger partial charge in [0.05, 0.1) is 28.3 Å². The Kier molecular flexibility index (Phi) is 3.16. The molecule has 7 rings (SSSR count). The summed E-state index contributed by atoms with van der Waals surface area (Å²) in [6, 6.07) is 16.0. The van der Waals surface area contributed by atoms with Crippen LogP contribution in [0.3, 0.4) is 0 Å². The van der Waals surface area contributed by atoms with Gasteiger partial charge >= 0.3 is 0 Å². The molecule has 0 saturated heterocycles. The summed E-state index contributed by atoms with van der Waals surface area (Å²) in [6.45, 7) is 1.20. The molecule has 2 N–H and O–H groups in total. The van der Waals surface area contributed by atoms with Crippen LogP contribution < -0.4 is 5.32 Å². The number of benzene rings is 3. The average Bonchev–Trinajstić information content (AvgIpc) is 3.38. The molecule has 0 saturated carbocycles. The highest BCUT2D eigenvalue weighted by atomic mass is 16.3. The van der Waals surface area contributed by atoms with Crippen molar-refractivity contribution in [2.75, 3.05) is 0 Å². The molecule has 0 aliphatic carbocycles. The number of aliphatic hydroxyl groups excluding tert-OH is 1. The maximum atomic E-state index is 13.0. The minimum atomic E-state index is -0.478. The molecule has 2 aromatic heterocycles. The lowest BCUT2D eigenvalue weighted by Gasteiger charge is -2.13. The van der Waals surface area contributed by atoms with Crippen LogP contribution in [-0.2, 0) is 13.1 Å². The fourth-order valence-electron chi connectivity index (χ4n) is 5.75. The Labute approximate surface area is 176 Å². The van der Waals surface area contributed by atoms with Crippen molar-refractivity contribution in [3.05, 3.63) is 59.7 Å². The number of para-hydroxylation sites is 2. The Morgan fingerprint density at radius 1 is 0.806 bits per heavy atom. The first-order valence-electron chi connectivity index (χ1n) is 10.7. The Hall–Kier alpha value is -3.64. The minimum absolute atomic E-state index is 0.332. The Morgan fingerprint density at radius 3 is 2.00 bits per heavy atom. The predicted octanol–water partition coefficient (Wildman–Crippen LogP) is 3.94. The molecule has 152 valence electrons. The van der Waals surface area contributed by atoms with Crippen LogP contribution >= 0.6 is 0 Å². The quantitative estimate of drug-likeness (QED) is 0.381. The van der Waals surface area contributed by atoms with Crippen molar-refractivity contribution in [1.29, 1.82) is 0 Å². The highest BCUT2D eigenvalue weighted by molar-refractivity contribution is 6.39. The third-order valence-electron chi connectivity index (χ3n) is 6.91. The number of carbonyl (C=O) groups excluding carboxylic acids is 2. The topological polar surface area (TPSA) is 76.3 Å². The minimum Gasteiger partial charge on any atom is -0.391 e. The first kappa shape index (κ1) is 17.1. The van der Waals surface area contributed by atoms with Gasteiger partial charge < -0.3 is 14.2 Å². The molecule has 5 aromatic rings. The van der Waals surface area contributed by atoms with Crippen LogP contribution in [0.4, 0.5) is 0 Å². The van der Waals surface area contributed by atoms with E-state index in [1.165, 1.54) is 0 Å². The molecule has 2 aliphatic heterocycles. The fourth-order valence-corrected chi connectivity index (χ4v) is 5.75. The molecule has 2 aliphatic rings. The van der Waals surface area contributed by atoms with Crippen LogP contribution in [-0.4, -0.2) is 32.2 Å². The zero-order valence-corrected chi connectivity index (χ0v) is 16.7. The maximum absolute atomic E-state index is 13.0. The van der Waals surface area contributed by atoms with Crippen molar-refractivity contribution in [3.8, 4) is 0 Å². The summed E-state index contributed by atoms with van der Waals surface area (Å²) in [5.74, 6) is -0.677. The van der Waals surface area contributed by atoms with E-state index >= 15 is 0 Å². The van der Waals surface area contributed by atoms with Gasteiger partial charge in [-0.2, -0.15) is 0 Å². The monoisotopic (exact) mass is 409 g/mol. The van der Waals surface area contributed by atoms with E-state index in [0.717, 1.165) is 56.6 Å². The van der Waals surface area contributed by atoms with Crippen LogP contribution in [0.15, 0.2) is 48.5 Å². The summed E-state index contributed by atoms with van der Waals surface area (Å²) >= 11 is 0. The van der Waals surface area contributed by atoms with E-state index in [4.69, 9.17) is 0 Å². The molecule has 6 heteroatoms. The van der Waals surface area contributed by atoms with Gasteiger partial charge in [-0.3, -0.25) is 14.9 Å². The second-order valence-electron chi connectivity index (χ2n) is 8.57. The van der Waals surface area contributed by atoms with Gasteiger partial charge in [0.1, 0.15) is 0 Å². The van der Waals surface area contributed by atoms with Gasteiger partial charge in [0, 0.05) is 45.7 Å². The van der Waals surface area contributed by atoms with E-state index in [2.05, 4.69) is 20.5 Å². The number of hydrogen-bond acceptors (Lipinski definition) is 3. The van der Waals surface area contributed by atoms with Crippen molar-refractivity contribution < 1.29 is 14.7 Å². The molecular weight excluding hydrogens is 390 g/mol. The summed E-state index contributed by atoms with van der Waals surface area (Å²) in [6.07, 6.45) is 1.05. The van der Waals surface area contributed by atoms with E-state index in [1.54, 1.807) is 0 Å². The number of nitrogens with zero attached hydrogens (tertiary/aromatic N) is 2. The lowest BCUT2D eigenvalue weighted by atomic mass is 9.96. The molecule has 0 bridgehead atoms. The SMILES string of the molecule is O=C1NC(=O)c2c1c1c3ccccc3n3c1c1c2c2ccccc2n1CC(O)CCC3. The van der Waals surface area contributed by atoms with Crippen LogP contribution in [0.1, 0.15) is 33.6 Å². The third-order valence-corrected chi connectivity index (χ3v) is 6.91. The zero-order valence-electron chi connectivity index (χ0n) is 16.7. The molecule has 2 amide bonds. The van der Waals surface area contributed by atoms with Gasteiger partial charge in [-0.05, 0) is 25.0 Å². The van der Waals surface area contributed by atoms with Crippen LogP contribution in [0, 0.1) is 0 Å². The van der Waals surface area contributed by atoms with Crippen molar-refractivity contribution >= 4 is 55.4 Å². The van der Waals surface area contributed by atoms with E-state index < -0.39 is 6.10 Å². The molecule has 1 atom stereocenters. The zero-order chi connectivity index (χ0) is 20.9. The first-order valence-corrected chi connectivity index (χ1v) is 10.7. The molecule has 0 radical (unpaired) electrons. The number of rotatable bonds is 0. The number of nitrogens with one attached hydrogen (secondary N) is 1. The fraction of sp³-hybridized carbons (Fsp3) is 0.200. The summed E-state index contributed by atoms with van der Waals surface area (Å²) in [7, 11) is 0. The Bertz CT molecular complexity index is 1620. The van der Waals surface area contributed by atoms with Crippen LogP contribution in [0.25, 0.3) is 43.6 Å². The number of hydrogen-bond donors (Lipinski definition) is 2. The van der Waals surface area contributed by atoms with Gasteiger partial charge in [0.25, 0.3) is 11.8 Å². The second kappa shape index (κ2) is 5.74. The highest BCUT2D eigenvalue weighted by Gasteiger charge is 2.36. The van der Waals surface area contributed by atoms with Crippen molar-refractivity contribution in [2.24, 2.45) is 0 Å². The average molecular weight is 409 g/mol.